The number of carbonyl (C=O) groups excluding carboxylic acids is 2. The third-order valence-corrected chi connectivity index (χ3v) is 5.87. The van der Waals surface area contributed by atoms with Crippen molar-refractivity contribution in [3.63, 3.8) is 0 Å². The number of nitrogens with zero attached hydrogens (tertiary/aromatic N) is 1. The molecule has 2 aromatic rings. The molecule has 2 heterocycles. The molecule has 0 aromatic heterocycles. The van der Waals surface area contributed by atoms with Crippen LogP contribution in [0.2, 0.25) is 5.02 Å². The van der Waals surface area contributed by atoms with Crippen molar-refractivity contribution in [2.24, 2.45) is 0 Å². The summed E-state index contributed by atoms with van der Waals surface area (Å²) in [4.78, 5) is 32.6. The summed E-state index contributed by atoms with van der Waals surface area (Å²) in [7, 11) is 0. The number of hydrogen-bond acceptors (Lipinski definition) is 4. The molecule has 2 fully saturated rings. The van der Waals surface area contributed by atoms with Crippen molar-refractivity contribution in [2.75, 3.05) is 13.2 Å². The van der Waals surface area contributed by atoms with E-state index in [0.29, 0.717) is 23.8 Å². The van der Waals surface area contributed by atoms with Gasteiger partial charge in [0.25, 0.3) is 0 Å². The fourth-order valence-corrected chi connectivity index (χ4v) is 4.23. The van der Waals surface area contributed by atoms with Gasteiger partial charge in [0.1, 0.15) is 11.6 Å². The second-order valence-corrected chi connectivity index (χ2v) is 8.39. The normalized spacial score (nSPS) is 27.2. The molecular weight excluding hydrogens is 390 g/mol. The highest BCUT2D eigenvalue weighted by atomic mass is 35.5. The standard InChI is InChI=1S/C23H24ClNO4/c1-23(12-5-13-28-15-23)29-25-20(26)14-19(16-8-10-18(24)11-9-16)21(25)22(27)17-6-3-2-4-7-17/h2-4,6-11,19,21H,5,12-15H2,1H3. The quantitative estimate of drug-likeness (QED) is 0.681. The minimum absolute atomic E-state index is 0.128. The van der Waals surface area contributed by atoms with E-state index in [-0.39, 0.29) is 24.0 Å². The summed E-state index contributed by atoms with van der Waals surface area (Å²) >= 11 is 6.03. The summed E-state index contributed by atoms with van der Waals surface area (Å²) in [5.74, 6) is -0.622. The van der Waals surface area contributed by atoms with E-state index in [2.05, 4.69) is 0 Å². The molecule has 0 radical (unpaired) electrons. The van der Waals surface area contributed by atoms with Crippen molar-refractivity contribution in [3.05, 3.63) is 70.7 Å². The molecule has 2 aromatic carbocycles. The van der Waals surface area contributed by atoms with Gasteiger partial charge >= 0.3 is 0 Å². The third kappa shape index (κ3) is 4.22. The molecule has 0 aliphatic carbocycles. The van der Waals surface area contributed by atoms with Gasteiger partial charge in [-0.1, -0.05) is 54.1 Å². The Balaban J connectivity index is 1.69. The van der Waals surface area contributed by atoms with Gasteiger partial charge in [0, 0.05) is 29.5 Å². The van der Waals surface area contributed by atoms with Crippen molar-refractivity contribution >= 4 is 23.3 Å². The van der Waals surface area contributed by atoms with Crippen LogP contribution in [0.3, 0.4) is 0 Å². The number of carbonyl (C=O) groups is 2. The van der Waals surface area contributed by atoms with Gasteiger partial charge in [0.15, 0.2) is 5.78 Å². The Morgan fingerprint density at radius 1 is 1.17 bits per heavy atom. The highest BCUT2D eigenvalue weighted by Crippen LogP contribution is 2.39. The number of benzene rings is 2. The minimum Gasteiger partial charge on any atom is -0.378 e. The van der Waals surface area contributed by atoms with Crippen LogP contribution in [0.4, 0.5) is 0 Å². The van der Waals surface area contributed by atoms with Gasteiger partial charge in [0.05, 0.1) is 6.61 Å². The number of hydroxylamine groups is 2. The molecule has 0 N–H and O–H groups in total. The number of rotatable bonds is 5. The second-order valence-electron chi connectivity index (χ2n) is 7.95. The Labute approximate surface area is 175 Å². The Morgan fingerprint density at radius 2 is 1.90 bits per heavy atom. The maximum atomic E-state index is 13.5. The molecule has 2 saturated heterocycles. The van der Waals surface area contributed by atoms with Gasteiger partial charge < -0.3 is 4.74 Å². The predicted molar refractivity (Wildman–Crippen MR) is 110 cm³/mol. The van der Waals surface area contributed by atoms with E-state index < -0.39 is 11.6 Å². The zero-order chi connectivity index (χ0) is 20.4. The lowest BCUT2D eigenvalue weighted by atomic mass is 9.87. The maximum absolute atomic E-state index is 13.5. The lowest BCUT2D eigenvalue weighted by Crippen LogP contribution is -2.49. The fourth-order valence-electron chi connectivity index (χ4n) is 4.11. The van der Waals surface area contributed by atoms with Crippen LogP contribution in [-0.4, -0.2) is 41.6 Å². The van der Waals surface area contributed by atoms with E-state index in [4.69, 9.17) is 21.2 Å². The van der Waals surface area contributed by atoms with Gasteiger partial charge in [-0.05, 0) is 37.5 Å². The Bertz CT molecular complexity index is 878. The zero-order valence-corrected chi connectivity index (χ0v) is 17.1. The lowest BCUT2D eigenvalue weighted by molar-refractivity contribution is -0.260. The first-order valence-electron chi connectivity index (χ1n) is 9.90. The molecule has 152 valence electrons. The van der Waals surface area contributed by atoms with Gasteiger partial charge in [-0.15, -0.1) is 0 Å². The molecule has 29 heavy (non-hydrogen) atoms. The van der Waals surface area contributed by atoms with Crippen molar-refractivity contribution in [2.45, 2.75) is 43.7 Å². The monoisotopic (exact) mass is 413 g/mol. The van der Waals surface area contributed by atoms with E-state index in [1.807, 2.05) is 37.3 Å². The van der Waals surface area contributed by atoms with Crippen LogP contribution in [0.5, 0.6) is 0 Å². The van der Waals surface area contributed by atoms with Crippen molar-refractivity contribution in [1.82, 2.24) is 5.06 Å². The van der Waals surface area contributed by atoms with E-state index >= 15 is 0 Å². The average molecular weight is 414 g/mol. The van der Waals surface area contributed by atoms with Gasteiger partial charge in [-0.2, -0.15) is 0 Å². The molecule has 6 heteroatoms. The van der Waals surface area contributed by atoms with Crippen LogP contribution < -0.4 is 0 Å². The number of halogens is 1. The van der Waals surface area contributed by atoms with Crippen molar-refractivity contribution in [3.8, 4) is 0 Å². The highest BCUT2D eigenvalue weighted by molar-refractivity contribution is 6.30. The largest absolute Gasteiger partial charge is 0.378 e. The van der Waals surface area contributed by atoms with E-state index in [1.165, 1.54) is 5.06 Å². The Kier molecular flexibility index (Phi) is 5.72. The average Bonchev–Trinajstić information content (AvgIpc) is 3.04. The first-order chi connectivity index (χ1) is 14.0. The topological polar surface area (TPSA) is 55.8 Å². The number of ether oxygens (including phenoxy) is 1. The van der Waals surface area contributed by atoms with Crippen molar-refractivity contribution < 1.29 is 19.2 Å². The molecule has 0 saturated carbocycles. The van der Waals surface area contributed by atoms with E-state index in [0.717, 1.165) is 18.4 Å². The molecule has 3 unspecified atom stereocenters. The predicted octanol–water partition coefficient (Wildman–Crippen LogP) is 4.41. The van der Waals surface area contributed by atoms with E-state index in [9.17, 15) is 9.59 Å². The number of ketones is 1. The molecule has 1 amide bonds. The number of amides is 1. The molecule has 2 aliphatic heterocycles. The van der Waals surface area contributed by atoms with Gasteiger partial charge in [0.2, 0.25) is 5.91 Å². The second kappa shape index (κ2) is 8.27. The molecule has 5 nitrogen and oxygen atoms in total. The smallest absolute Gasteiger partial charge is 0.247 e. The Morgan fingerprint density at radius 3 is 2.55 bits per heavy atom. The third-order valence-electron chi connectivity index (χ3n) is 5.62. The molecule has 2 aliphatic rings. The van der Waals surface area contributed by atoms with Crippen LogP contribution in [-0.2, 0) is 14.4 Å². The lowest BCUT2D eigenvalue weighted by Gasteiger charge is -2.38. The van der Waals surface area contributed by atoms with Gasteiger partial charge in [-0.25, -0.2) is 5.06 Å². The summed E-state index contributed by atoms with van der Waals surface area (Å²) in [5.41, 5.74) is 0.830. The SMILES string of the molecule is CC1(ON2C(=O)CC(c3ccc(Cl)cc3)C2C(=O)c2ccccc2)CCCOC1. The summed E-state index contributed by atoms with van der Waals surface area (Å²) in [6.45, 7) is 3.01. The van der Waals surface area contributed by atoms with Crippen LogP contribution in [0, 0.1) is 0 Å². The van der Waals surface area contributed by atoms with E-state index in [1.54, 1.807) is 24.3 Å². The molecular formula is C23H24ClNO4. The van der Waals surface area contributed by atoms with Crippen LogP contribution in [0.15, 0.2) is 54.6 Å². The zero-order valence-electron chi connectivity index (χ0n) is 16.3. The maximum Gasteiger partial charge on any atom is 0.247 e. The number of hydrogen-bond donors (Lipinski definition) is 0. The molecule has 0 spiro atoms. The highest BCUT2D eigenvalue weighted by Gasteiger charge is 2.48. The number of Topliss-reactive ketones (excluding diaryl/α,β-unsaturated/α-hetero) is 1. The summed E-state index contributed by atoms with van der Waals surface area (Å²) in [6, 6.07) is 15.6. The summed E-state index contributed by atoms with van der Waals surface area (Å²) in [5, 5.41) is 1.92. The first kappa shape index (κ1) is 20.1. The van der Waals surface area contributed by atoms with Crippen LogP contribution in [0.25, 0.3) is 0 Å². The minimum atomic E-state index is -0.732. The fraction of sp³-hybridized carbons (Fsp3) is 0.391. The van der Waals surface area contributed by atoms with Crippen molar-refractivity contribution in [1.29, 1.82) is 0 Å². The first-order valence-corrected chi connectivity index (χ1v) is 10.3. The molecule has 0 bridgehead atoms. The Hall–Kier alpha value is -2.21. The molecule has 4 rings (SSSR count). The summed E-state index contributed by atoms with van der Waals surface area (Å²) in [6.07, 6.45) is 1.84. The molecule has 3 atom stereocenters. The van der Waals surface area contributed by atoms with Gasteiger partial charge in [-0.3, -0.25) is 14.4 Å². The van der Waals surface area contributed by atoms with Crippen LogP contribution in [0.1, 0.15) is 48.0 Å². The summed E-state index contributed by atoms with van der Waals surface area (Å²) < 4.78 is 5.57. The van der Waals surface area contributed by atoms with Crippen LogP contribution >= 0.6 is 11.6 Å².